The van der Waals surface area contributed by atoms with E-state index in [1.54, 1.807) is 0 Å². The molecule has 2 aromatic rings. The van der Waals surface area contributed by atoms with Gasteiger partial charge in [0.05, 0.1) is 22.4 Å². The van der Waals surface area contributed by atoms with Crippen molar-refractivity contribution in [2.24, 2.45) is 17.2 Å². The lowest BCUT2D eigenvalue weighted by molar-refractivity contribution is 0.373. The Labute approximate surface area is 112 Å². The maximum Gasteiger partial charge on any atom is 0.218 e. The second-order valence-electron chi connectivity index (χ2n) is 4.47. The van der Waals surface area contributed by atoms with Crippen LogP contribution in [0.2, 0.25) is 0 Å². The highest BCUT2D eigenvalue weighted by molar-refractivity contribution is 6.09. The lowest BCUT2D eigenvalue weighted by Gasteiger charge is -2.20. The normalized spacial score (nSPS) is 11.9. The van der Waals surface area contributed by atoms with Crippen molar-refractivity contribution < 1.29 is 4.42 Å². The number of nitrogen functional groups attached to an aromatic ring is 5. The van der Waals surface area contributed by atoms with Crippen molar-refractivity contribution in [3.05, 3.63) is 16.0 Å². The van der Waals surface area contributed by atoms with E-state index in [-0.39, 0.29) is 45.2 Å². The van der Waals surface area contributed by atoms with Gasteiger partial charge in [-0.2, -0.15) is 0 Å². The van der Waals surface area contributed by atoms with Gasteiger partial charge in [0.15, 0.2) is 17.1 Å². The van der Waals surface area contributed by atoms with E-state index in [4.69, 9.17) is 50.3 Å². The molecule has 10 heteroatoms. The van der Waals surface area contributed by atoms with Crippen molar-refractivity contribution in [3.8, 4) is 0 Å². The van der Waals surface area contributed by atoms with Crippen LogP contribution in [0.4, 0.5) is 28.4 Å². The fourth-order valence-electron chi connectivity index (χ4n) is 1.85. The zero-order chi connectivity index (χ0) is 15.4. The summed E-state index contributed by atoms with van der Waals surface area (Å²) in [5, 5.41) is -0.0975. The van der Waals surface area contributed by atoms with Gasteiger partial charge < -0.3 is 33.1 Å². The molecule has 0 amide bonds. The summed E-state index contributed by atoms with van der Waals surface area (Å²) in [6, 6.07) is 0. The summed E-state index contributed by atoms with van der Waals surface area (Å²) in [6.07, 6.45) is 0. The third kappa shape index (κ3) is 1.67. The molecule has 0 saturated heterocycles. The summed E-state index contributed by atoms with van der Waals surface area (Å²) in [5.74, 6) is -2.29. The Hall–Kier alpha value is -2.69. The molecule has 0 aliphatic rings. The van der Waals surface area contributed by atoms with Crippen LogP contribution in [-0.4, -0.2) is 0 Å². The maximum atomic E-state index is 12.2. The van der Waals surface area contributed by atoms with Crippen molar-refractivity contribution in [2.75, 3.05) is 28.7 Å². The molecular weight excluding hydrogens is 264 g/mol. The molecule has 16 N–H and O–H groups in total. The zero-order valence-corrected chi connectivity index (χ0v) is 10.4. The zero-order valence-electron chi connectivity index (χ0n) is 10.4. The highest BCUT2D eigenvalue weighted by Crippen LogP contribution is 2.38. The molecule has 0 radical (unpaired) electrons. The molecule has 0 fully saturated rings. The van der Waals surface area contributed by atoms with E-state index >= 15 is 0 Å². The summed E-state index contributed by atoms with van der Waals surface area (Å²) in [4.78, 5) is 12.2. The van der Waals surface area contributed by atoms with Crippen LogP contribution in [0.25, 0.3) is 11.0 Å². The van der Waals surface area contributed by atoms with Gasteiger partial charge in [0.1, 0.15) is 11.4 Å². The molecule has 10 nitrogen and oxygen atoms in total. The lowest BCUT2D eigenvalue weighted by atomic mass is 10.1. The minimum atomic E-state index is -1.96. The number of anilines is 5. The number of nitrogens with two attached hydrogens (primary N) is 8. The average molecular weight is 280 g/mol. The Balaban J connectivity index is 3.11. The van der Waals surface area contributed by atoms with Gasteiger partial charge in [0, 0.05) is 0 Å². The molecule has 0 saturated carbocycles. The third-order valence-corrected chi connectivity index (χ3v) is 2.93. The molecule has 0 aliphatic carbocycles. The van der Waals surface area contributed by atoms with E-state index < -0.39 is 11.2 Å². The fraction of sp³-hybridized carbons (Fsp3) is 0.100. The van der Waals surface area contributed by atoms with Gasteiger partial charge in [0.25, 0.3) is 0 Å². The topological polar surface area (TPSA) is 238 Å². The Morgan fingerprint density at radius 3 is 1.75 bits per heavy atom. The van der Waals surface area contributed by atoms with Gasteiger partial charge in [-0.1, -0.05) is 0 Å². The summed E-state index contributed by atoms with van der Waals surface area (Å²) in [5.41, 5.74) is 43.5. The third-order valence-electron chi connectivity index (χ3n) is 2.93. The predicted molar refractivity (Wildman–Crippen MR) is 78.8 cm³/mol. The standard InChI is InChI=1S/C10H16N8O2/c11-2-1-7(19)6(15)9(10(16,17)18)20-8(1)5(14)4(13)3(2)12/h11-18H2. The molecule has 0 bridgehead atoms. The van der Waals surface area contributed by atoms with Gasteiger partial charge >= 0.3 is 0 Å². The maximum absolute atomic E-state index is 12.2. The molecule has 1 heterocycles. The number of rotatable bonds is 1. The average Bonchev–Trinajstić information content (AvgIpc) is 2.35. The van der Waals surface area contributed by atoms with Gasteiger partial charge in [-0.25, -0.2) is 0 Å². The van der Waals surface area contributed by atoms with Crippen molar-refractivity contribution in [1.82, 2.24) is 0 Å². The van der Waals surface area contributed by atoms with Gasteiger partial charge in [0.2, 0.25) is 5.43 Å². The van der Waals surface area contributed by atoms with E-state index in [9.17, 15) is 4.79 Å². The number of hydrogen-bond donors (Lipinski definition) is 8. The van der Waals surface area contributed by atoms with Crippen LogP contribution in [0.3, 0.4) is 0 Å². The quantitative estimate of drug-likeness (QED) is 0.205. The first-order chi connectivity index (χ1) is 9.07. The van der Waals surface area contributed by atoms with Gasteiger partial charge in [-0.15, -0.1) is 0 Å². The SMILES string of the molecule is Nc1c(N)c(N)c2c(=O)c(N)c(C(N)(N)N)oc2c1N. The Morgan fingerprint density at radius 2 is 1.25 bits per heavy atom. The van der Waals surface area contributed by atoms with E-state index in [1.165, 1.54) is 0 Å². The number of hydrogen-bond acceptors (Lipinski definition) is 10. The highest BCUT2D eigenvalue weighted by atomic mass is 16.3. The van der Waals surface area contributed by atoms with Crippen molar-refractivity contribution in [3.63, 3.8) is 0 Å². The Morgan fingerprint density at radius 1 is 0.750 bits per heavy atom. The fourth-order valence-corrected chi connectivity index (χ4v) is 1.85. The van der Waals surface area contributed by atoms with Crippen LogP contribution >= 0.6 is 0 Å². The lowest BCUT2D eigenvalue weighted by Crippen LogP contribution is -2.55. The van der Waals surface area contributed by atoms with Crippen LogP contribution in [0.15, 0.2) is 9.21 Å². The number of fused-ring (bicyclic) bond motifs is 1. The smallest absolute Gasteiger partial charge is 0.218 e. The van der Waals surface area contributed by atoms with Gasteiger partial charge in [-0.3, -0.25) is 22.0 Å². The first kappa shape index (κ1) is 13.7. The van der Waals surface area contributed by atoms with Crippen LogP contribution in [0.1, 0.15) is 5.76 Å². The molecule has 20 heavy (non-hydrogen) atoms. The summed E-state index contributed by atoms with van der Waals surface area (Å²) < 4.78 is 5.34. The predicted octanol–water partition coefficient (Wildman–Crippen LogP) is -2.31. The van der Waals surface area contributed by atoms with E-state index in [0.717, 1.165) is 0 Å². The summed E-state index contributed by atoms with van der Waals surface area (Å²) in [6.45, 7) is 0. The van der Waals surface area contributed by atoms with Crippen LogP contribution in [0, 0.1) is 0 Å². The molecule has 0 atom stereocenters. The minimum Gasteiger partial charge on any atom is -0.451 e. The Bertz CT molecular complexity index is 774. The van der Waals surface area contributed by atoms with E-state index in [2.05, 4.69) is 0 Å². The second-order valence-corrected chi connectivity index (χ2v) is 4.47. The molecule has 0 aliphatic heterocycles. The van der Waals surface area contributed by atoms with Crippen molar-refractivity contribution in [1.29, 1.82) is 0 Å². The van der Waals surface area contributed by atoms with Crippen LogP contribution in [-0.2, 0) is 5.79 Å². The van der Waals surface area contributed by atoms with Crippen LogP contribution in [0.5, 0.6) is 0 Å². The summed E-state index contributed by atoms with van der Waals surface area (Å²) >= 11 is 0. The number of benzene rings is 1. The van der Waals surface area contributed by atoms with E-state index in [1.807, 2.05) is 0 Å². The van der Waals surface area contributed by atoms with Crippen molar-refractivity contribution >= 4 is 39.4 Å². The van der Waals surface area contributed by atoms with E-state index in [0.29, 0.717) is 0 Å². The highest BCUT2D eigenvalue weighted by Gasteiger charge is 2.28. The molecule has 108 valence electrons. The molecule has 0 spiro atoms. The first-order valence-corrected chi connectivity index (χ1v) is 5.42. The monoisotopic (exact) mass is 280 g/mol. The minimum absolute atomic E-state index is 0.0227. The first-order valence-electron chi connectivity index (χ1n) is 5.42. The Kier molecular flexibility index (Phi) is 2.68. The molecule has 2 rings (SSSR count). The van der Waals surface area contributed by atoms with Gasteiger partial charge in [-0.05, 0) is 0 Å². The second kappa shape index (κ2) is 3.90. The van der Waals surface area contributed by atoms with Crippen molar-refractivity contribution in [2.45, 2.75) is 5.79 Å². The molecule has 0 unspecified atom stereocenters. The molecule has 1 aromatic heterocycles. The summed E-state index contributed by atoms with van der Waals surface area (Å²) in [7, 11) is 0. The molecule has 1 aromatic carbocycles. The van der Waals surface area contributed by atoms with Crippen LogP contribution < -0.4 is 51.3 Å². The molecular formula is C10H16N8O2. The largest absolute Gasteiger partial charge is 0.451 e.